The zero-order chi connectivity index (χ0) is 19.1. The van der Waals surface area contributed by atoms with Crippen molar-refractivity contribution in [2.24, 2.45) is 0 Å². The first-order valence-electron chi connectivity index (χ1n) is 8.94. The summed E-state index contributed by atoms with van der Waals surface area (Å²) in [6.45, 7) is 2.78. The second-order valence-electron chi connectivity index (χ2n) is 6.16. The van der Waals surface area contributed by atoms with E-state index in [2.05, 4.69) is 16.7 Å². The van der Waals surface area contributed by atoms with E-state index in [1.165, 1.54) is 0 Å². The van der Waals surface area contributed by atoms with Gasteiger partial charge < -0.3 is 19.1 Å². The molecule has 3 rings (SSSR count). The highest BCUT2D eigenvalue weighted by molar-refractivity contribution is 5.67. The van der Waals surface area contributed by atoms with E-state index in [0.717, 1.165) is 22.6 Å². The van der Waals surface area contributed by atoms with Crippen LogP contribution in [0.1, 0.15) is 30.6 Å². The average molecular weight is 365 g/mol. The van der Waals surface area contributed by atoms with Crippen LogP contribution in [0.4, 0.5) is 0 Å². The van der Waals surface area contributed by atoms with Crippen molar-refractivity contribution >= 4 is 5.97 Å². The number of hydrogen-bond acceptors (Lipinski definition) is 3. The van der Waals surface area contributed by atoms with Crippen molar-refractivity contribution in [2.75, 3.05) is 6.61 Å². The van der Waals surface area contributed by atoms with Gasteiger partial charge in [0.15, 0.2) is 0 Å². The molecular weight excluding hydrogens is 342 g/mol. The third kappa shape index (κ3) is 5.21. The lowest BCUT2D eigenvalue weighted by atomic mass is 10.1. The van der Waals surface area contributed by atoms with E-state index >= 15 is 0 Å². The molecule has 5 nitrogen and oxygen atoms in total. The summed E-state index contributed by atoms with van der Waals surface area (Å²) in [6.07, 6.45) is 3.51. The number of nitrogens with zero attached hydrogens (tertiary/aromatic N) is 1. The van der Waals surface area contributed by atoms with E-state index in [4.69, 9.17) is 14.6 Å². The SMILES string of the molecule is CCO[C@@H](CC(=O)O)c1ccc(OCc2cccc(-n3cccc3)c2)cc1. The summed E-state index contributed by atoms with van der Waals surface area (Å²) in [5.74, 6) is -0.146. The largest absolute Gasteiger partial charge is 0.489 e. The van der Waals surface area contributed by atoms with E-state index < -0.39 is 12.1 Å². The molecule has 2 aromatic carbocycles. The highest BCUT2D eigenvalue weighted by Gasteiger charge is 2.15. The lowest BCUT2D eigenvalue weighted by molar-refractivity contribution is -0.140. The molecule has 0 fully saturated rings. The minimum Gasteiger partial charge on any atom is -0.489 e. The number of aromatic nitrogens is 1. The fraction of sp³-hybridized carbons (Fsp3) is 0.227. The van der Waals surface area contributed by atoms with Crippen LogP contribution in [0.2, 0.25) is 0 Å². The molecule has 0 amide bonds. The van der Waals surface area contributed by atoms with Crippen LogP contribution in [-0.2, 0) is 16.1 Å². The summed E-state index contributed by atoms with van der Waals surface area (Å²) in [7, 11) is 0. The molecule has 0 aliphatic carbocycles. The van der Waals surface area contributed by atoms with Gasteiger partial charge in [-0.2, -0.15) is 0 Å². The highest BCUT2D eigenvalue weighted by atomic mass is 16.5. The van der Waals surface area contributed by atoms with Gasteiger partial charge in [-0.1, -0.05) is 24.3 Å². The van der Waals surface area contributed by atoms with E-state index in [-0.39, 0.29) is 6.42 Å². The van der Waals surface area contributed by atoms with Crippen LogP contribution >= 0.6 is 0 Å². The summed E-state index contributed by atoms with van der Waals surface area (Å²) >= 11 is 0. The Bertz CT molecular complexity index is 856. The van der Waals surface area contributed by atoms with Gasteiger partial charge in [-0.15, -0.1) is 0 Å². The van der Waals surface area contributed by atoms with Crippen molar-refractivity contribution in [3.63, 3.8) is 0 Å². The zero-order valence-electron chi connectivity index (χ0n) is 15.2. The quantitative estimate of drug-likeness (QED) is 0.602. The van der Waals surface area contributed by atoms with Gasteiger partial charge in [0.25, 0.3) is 0 Å². The molecule has 0 spiro atoms. The number of rotatable bonds is 9. The van der Waals surface area contributed by atoms with Crippen LogP contribution in [0.5, 0.6) is 5.75 Å². The summed E-state index contributed by atoms with van der Waals surface area (Å²) < 4.78 is 13.5. The lowest BCUT2D eigenvalue weighted by Gasteiger charge is -2.16. The second kappa shape index (κ2) is 9.05. The Labute approximate surface area is 158 Å². The molecule has 0 aliphatic rings. The predicted molar refractivity (Wildman–Crippen MR) is 103 cm³/mol. The first-order chi connectivity index (χ1) is 13.2. The van der Waals surface area contributed by atoms with Crippen molar-refractivity contribution in [1.29, 1.82) is 0 Å². The Morgan fingerprint density at radius 1 is 1.07 bits per heavy atom. The highest BCUT2D eigenvalue weighted by Crippen LogP contribution is 2.24. The molecular formula is C22H23NO4. The van der Waals surface area contributed by atoms with Gasteiger partial charge in [0.1, 0.15) is 12.4 Å². The number of aliphatic carboxylic acids is 1. The third-order valence-electron chi connectivity index (χ3n) is 4.20. The average Bonchev–Trinajstić information content (AvgIpc) is 3.21. The molecule has 0 unspecified atom stereocenters. The molecule has 0 saturated heterocycles. The van der Waals surface area contributed by atoms with Crippen LogP contribution in [0.25, 0.3) is 5.69 Å². The predicted octanol–water partition coefficient (Wildman–Crippen LogP) is 4.61. The summed E-state index contributed by atoms with van der Waals surface area (Å²) in [5.41, 5.74) is 2.99. The van der Waals surface area contributed by atoms with Gasteiger partial charge in [0, 0.05) is 24.7 Å². The molecule has 1 N–H and O–H groups in total. The number of hydrogen-bond donors (Lipinski definition) is 1. The van der Waals surface area contributed by atoms with Crippen molar-refractivity contribution in [3.05, 3.63) is 84.2 Å². The summed E-state index contributed by atoms with van der Waals surface area (Å²) in [5, 5.41) is 9.02. The Balaban J connectivity index is 1.63. The van der Waals surface area contributed by atoms with E-state index in [1.807, 2.05) is 67.8 Å². The molecule has 0 aliphatic heterocycles. The van der Waals surface area contributed by atoms with E-state index in [0.29, 0.717) is 13.2 Å². The van der Waals surface area contributed by atoms with Gasteiger partial charge in [-0.25, -0.2) is 0 Å². The first kappa shape index (κ1) is 18.7. The zero-order valence-corrected chi connectivity index (χ0v) is 15.2. The molecule has 0 bridgehead atoms. The Kier molecular flexibility index (Phi) is 6.28. The molecule has 0 radical (unpaired) electrons. The van der Waals surface area contributed by atoms with Crippen molar-refractivity contribution in [1.82, 2.24) is 4.57 Å². The van der Waals surface area contributed by atoms with E-state index in [1.54, 1.807) is 0 Å². The molecule has 1 atom stereocenters. The van der Waals surface area contributed by atoms with E-state index in [9.17, 15) is 4.79 Å². The fourth-order valence-corrected chi connectivity index (χ4v) is 2.89. The first-order valence-corrected chi connectivity index (χ1v) is 8.94. The van der Waals surface area contributed by atoms with Gasteiger partial charge in [-0.05, 0) is 54.4 Å². The molecule has 3 aromatic rings. The fourth-order valence-electron chi connectivity index (χ4n) is 2.89. The number of carboxylic acid groups (broad SMARTS) is 1. The standard InChI is InChI=1S/C22H23NO4/c1-2-26-21(15-22(24)25)18-8-10-20(11-9-18)27-16-17-6-5-7-19(14-17)23-12-3-4-13-23/h3-14,21H,2,15-16H2,1H3,(H,24,25)/t21-/m0/s1. The summed E-state index contributed by atoms with van der Waals surface area (Å²) in [4.78, 5) is 11.0. The van der Waals surface area contributed by atoms with Gasteiger partial charge in [-0.3, -0.25) is 4.79 Å². The normalized spacial score (nSPS) is 11.9. The number of benzene rings is 2. The Morgan fingerprint density at radius 3 is 2.48 bits per heavy atom. The van der Waals surface area contributed by atoms with Crippen LogP contribution in [0.15, 0.2) is 73.1 Å². The number of carboxylic acids is 1. The van der Waals surface area contributed by atoms with Gasteiger partial charge in [0.2, 0.25) is 0 Å². The van der Waals surface area contributed by atoms with Crippen LogP contribution in [0.3, 0.4) is 0 Å². The Morgan fingerprint density at radius 2 is 1.81 bits per heavy atom. The van der Waals surface area contributed by atoms with Gasteiger partial charge >= 0.3 is 5.97 Å². The Hall–Kier alpha value is -3.05. The van der Waals surface area contributed by atoms with Crippen LogP contribution in [-0.4, -0.2) is 22.2 Å². The molecule has 140 valence electrons. The van der Waals surface area contributed by atoms with Gasteiger partial charge in [0.05, 0.1) is 12.5 Å². The molecule has 0 saturated carbocycles. The third-order valence-corrected chi connectivity index (χ3v) is 4.20. The van der Waals surface area contributed by atoms with Crippen molar-refractivity contribution in [3.8, 4) is 11.4 Å². The maximum Gasteiger partial charge on any atom is 0.306 e. The minimum atomic E-state index is -0.878. The van der Waals surface area contributed by atoms with Crippen molar-refractivity contribution in [2.45, 2.75) is 26.1 Å². The molecule has 27 heavy (non-hydrogen) atoms. The second-order valence-corrected chi connectivity index (χ2v) is 6.16. The van der Waals surface area contributed by atoms with Crippen molar-refractivity contribution < 1.29 is 19.4 Å². The lowest BCUT2D eigenvalue weighted by Crippen LogP contribution is -2.10. The maximum absolute atomic E-state index is 11.0. The monoisotopic (exact) mass is 365 g/mol. The minimum absolute atomic E-state index is 0.0553. The topological polar surface area (TPSA) is 60.7 Å². The number of carbonyl (C=O) groups is 1. The smallest absolute Gasteiger partial charge is 0.306 e. The molecule has 5 heteroatoms. The molecule has 1 aromatic heterocycles. The number of ether oxygens (including phenoxy) is 2. The van der Waals surface area contributed by atoms with Crippen LogP contribution < -0.4 is 4.74 Å². The maximum atomic E-state index is 11.0. The van der Waals surface area contributed by atoms with Crippen LogP contribution in [0, 0.1) is 0 Å². The summed E-state index contributed by atoms with van der Waals surface area (Å²) in [6, 6.07) is 19.6. The molecule has 1 heterocycles.